The van der Waals surface area contributed by atoms with Crippen LogP contribution in [0.1, 0.15) is 59.3 Å². The van der Waals surface area contributed by atoms with E-state index in [1.807, 2.05) is 49.4 Å². The first-order valence-corrected chi connectivity index (χ1v) is 12.5. The maximum Gasteiger partial charge on any atom is 0.149 e. The van der Waals surface area contributed by atoms with Gasteiger partial charge in [0.2, 0.25) is 0 Å². The zero-order valence-corrected chi connectivity index (χ0v) is 21.0. The van der Waals surface area contributed by atoms with Gasteiger partial charge >= 0.3 is 0 Å². The first kappa shape index (κ1) is 27.1. The van der Waals surface area contributed by atoms with Crippen LogP contribution in [0.2, 0.25) is 0 Å². The molecule has 0 spiro atoms. The van der Waals surface area contributed by atoms with E-state index < -0.39 is 0 Å². The predicted molar refractivity (Wildman–Crippen MR) is 147 cm³/mol. The lowest BCUT2D eigenvalue weighted by molar-refractivity contribution is -0.121. The van der Waals surface area contributed by atoms with Crippen molar-refractivity contribution in [1.29, 1.82) is 0 Å². The van der Waals surface area contributed by atoms with Crippen molar-refractivity contribution in [2.24, 2.45) is 0 Å². The minimum absolute atomic E-state index is 0.120. The van der Waals surface area contributed by atoms with Crippen LogP contribution < -0.4 is 10.6 Å². The molecule has 0 heterocycles. The Kier molecular flexibility index (Phi) is 13.1. The van der Waals surface area contributed by atoms with Crippen LogP contribution in [0.3, 0.4) is 0 Å². The summed E-state index contributed by atoms with van der Waals surface area (Å²) in [6.45, 7) is 6.95. The van der Waals surface area contributed by atoms with Gasteiger partial charge in [0.05, 0.1) is 6.04 Å². The number of rotatable bonds is 15. The fourth-order valence-electron chi connectivity index (χ4n) is 3.68. The molecule has 1 aliphatic carbocycles. The number of para-hydroxylation sites is 1. The fourth-order valence-corrected chi connectivity index (χ4v) is 3.68. The van der Waals surface area contributed by atoms with Gasteiger partial charge in [-0.15, -0.1) is 5.73 Å². The first-order valence-electron chi connectivity index (χ1n) is 12.5. The summed E-state index contributed by atoms with van der Waals surface area (Å²) in [6, 6.07) is 10.1. The molecule has 1 aromatic rings. The monoisotopic (exact) mass is 456 g/mol. The summed E-state index contributed by atoms with van der Waals surface area (Å²) in [4.78, 5) is 12.8. The summed E-state index contributed by atoms with van der Waals surface area (Å²) in [5.74, 6) is 0.319. The summed E-state index contributed by atoms with van der Waals surface area (Å²) >= 11 is 0. The average molecular weight is 457 g/mol. The lowest BCUT2D eigenvalue weighted by Gasteiger charge is -2.18. The molecule has 1 aliphatic rings. The molecule has 0 amide bonds. The van der Waals surface area contributed by atoms with E-state index in [9.17, 15) is 4.79 Å². The molecule has 0 fully saturated rings. The Hall–Kier alpha value is -3.13. The average Bonchev–Trinajstić information content (AvgIpc) is 3.06. The molecule has 3 heteroatoms. The Labute approximate surface area is 206 Å². The molecule has 2 rings (SSSR count). The number of allylic oxidation sites excluding steroid dienone is 9. The second kappa shape index (κ2) is 16.5. The topological polar surface area (TPSA) is 41.1 Å². The van der Waals surface area contributed by atoms with Crippen LogP contribution in [0.5, 0.6) is 0 Å². The summed E-state index contributed by atoms with van der Waals surface area (Å²) < 4.78 is 0. The number of nitrogens with one attached hydrogen (secondary N) is 2. The van der Waals surface area contributed by atoms with Crippen molar-refractivity contribution >= 4 is 11.5 Å². The number of hydrogen-bond acceptors (Lipinski definition) is 3. The SMILES string of the molecule is C/C=C\C=C(/C/C=C/CN[C@@H](CCC1=CC=C=CC=C1C)C(=O)CCCC)Nc1ccccc1. The molecule has 0 radical (unpaired) electrons. The van der Waals surface area contributed by atoms with Crippen molar-refractivity contribution in [3.8, 4) is 0 Å². The number of Topliss-reactive ketones (excluding diaryl/α,β-unsaturated/α-hetero) is 1. The standard InChI is InChI=1S/C31H40N2O/c1-4-6-18-28(33-29-19-12-9-13-20-29)21-14-15-25-32-30(31(34)22-7-5-2)24-23-27-17-11-8-10-16-26(27)3/h4,6,9-20,30,32-33H,5,7,21-25H2,1-3H3/b6-4-,15-14+,28-18+/t30-/m0/s1. The van der Waals surface area contributed by atoms with Crippen LogP contribution in [0, 0.1) is 0 Å². The number of benzene rings is 1. The highest BCUT2D eigenvalue weighted by Gasteiger charge is 2.17. The highest BCUT2D eigenvalue weighted by Crippen LogP contribution is 2.19. The fraction of sp³-hybridized carbons (Fsp3) is 0.355. The third-order valence-electron chi connectivity index (χ3n) is 5.74. The Morgan fingerprint density at radius 2 is 1.91 bits per heavy atom. The van der Waals surface area contributed by atoms with Gasteiger partial charge < -0.3 is 10.6 Å². The molecule has 0 saturated carbocycles. The van der Waals surface area contributed by atoms with Gasteiger partial charge in [-0.25, -0.2) is 0 Å². The molecule has 1 aromatic carbocycles. The first-order chi connectivity index (χ1) is 16.6. The molecule has 3 nitrogen and oxygen atoms in total. The van der Waals surface area contributed by atoms with Gasteiger partial charge in [0.25, 0.3) is 0 Å². The van der Waals surface area contributed by atoms with Gasteiger partial charge in [-0.3, -0.25) is 4.79 Å². The quantitative estimate of drug-likeness (QED) is 0.162. The number of carbonyl (C=O) groups excluding carboxylic acids is 1. The van der Waals surface area contributed by atoms with E-state index >= 15 is 0 Å². The Balaban J connectivity index is 1.92. The maximum absolute atomic E-state index is 12.8. The Morgan fingerprint density at radius 1 is 1.12 bits per heavy atom. The van der Waals surface area contributed by atoms with Crippen molar-refractivity contribution in [2.75, 3.05) is 11.9 Å². The Morgan fingerprint density at radius 3 is 2.68 bits per heavy atom. The molecular formula is C31H40N2O. The van der Waals surface area contributed by atoms with Crippen molar-refractivity contribution in [3.05, 3.63) is 108 Å². The third-order valence-corrected chi connectivity index (χ3v) is 5.74. The number of hydrogen-bond donors (Lipinski definition) is 2. The van der Waals surface area contributed by atoms with Gasteiger partial charge in [0.1, 0.15) is 5.78 Å². The molecule has 0 unspecified atom stereocenters. The second-order valence-corrected chi connectivity index (χ2v) is 8.50. The van der Waals surface area contributed by atoms with Crippen molar-refractivity contribution in [3.63, 3.8) is 0 Å². The zero-order chi connectivity index (χ0) is 24.4. The van der Waals surface area contributed by atoms with Gasteiger partial charge in [0, 0.05) is 30.8 Å². The smallest absolute Gasteiger partial charge is 0.149 e. The highest BCUT2D eigenvalue weighted by molar-refractivity contribution is 5.84. The van der Waals surface area contributed by atoms with Crippen molar-refractivity contribution in [1.82, 2.24) is 5.32 Å². The number of unbranched alkanes of at least 4 members (excludes halogenated alkanes) is 1. The van der Waals surface area contributed by atoms with E-state index in [0.717, 1.165) is 43.5 Å². The van der Waals surface area contributed by atoms with Crippen LogP contribution >= 0.6 is 0 Å². The summed E-state index contributed by atoms with van der Waals surface area (Å²) in [6.07, 6.45) is 23.7. The van der Waals surface area contributed by atoms with Gasteiger partial charge in [-0.1, -0.05) is 68.0 Å². The molecule has 1 atom stereocenters. The third kappa shape index (κ3) is 10.7. The van der Waals surface area contributed by atoms with Gasteiger partial charge in [0.15, 0.2) is 0 Å². The van der Waals surface area contributed by atoms with E-state index in [2.05, 4.69) is 72.7 Å². The van der Waals surface area contributed by atoms with Crippen LogP contribution in [-0.4, -0.2) is 18.4 Å². The molecule has 34 heavy (non-hydrogen) atoms. The van der Waals surface area contributed by atoms with Gasteiger partial charge in [-0.05, 0) is 74.6 Å². The number of anilines is 1. The molecule has 0 aromatic heterocycles. The largest absolute Gasteiger partial charge is 0.359 e. The van der Waals surface area contributed by atoms with Crippen LogP contribution in [0.4, 0.5) is 5.69 Å². The highest BCUT2D eigenvalue weighted by atomic mass is 16.1. The zero-order valence-electron chi connectivity index (χ0n) is 21.0. The normalized spacial score (nSPS) is 14.9. The maximum atomic E-state index is 12.8. The molecule has 0 bridgehead atoms. The summed E-state index contributed by atoms with van der Waals surface area (Å²) in [5.41, 5.74) is 7.84. The summed E-state index contributed by atoms with van der Waals surface area (Å²) in [5, 5.41) is 6.98. The minimum Gasteiger partial charge on any atom is -0.359 e. The van der Waals surface area contributed by atoms with Crippen LogP contribution in [0.25, 0.3) is 0 Å². The lowest BCUT2D eigenvalue weighted by Crippen LogP contribution is -2.37. The van der Waals surface area contributed by atoms with Crippen LogP contribution in [-0.2, 0) is 4.79 Å². The van der Waals surface area contributed by atoms with Crippen LogP contribution in [0.15, 0.2) is 108 Å². The number of carbonyl (C=O) groups is 1. The van der Waals surface area contributed by atoms with E-state index in [4.69, 9.17) is 0 Å². The van der Waals surface area contributed by atoms with E-state index in [1.165, 1.54) is 11.1 Å². The van der Waals surface area contributed by atoms with Gasteiger partial charge in [-0.2, -0.15) is 0 Å². The Bertz CT molecular complexity index is 970. The van der Waals surface area contributed by atoms with E-state index in [1.54, 1.807) is 0 Å². The molecular weight excluding hydrogens is 416 g/mol. The molecule has 180 valence electrons. The van der Waals surface area contributed by atoms with Crippen molar-refractivity contribution < 1.29 is 4.79 Å². The van der Waals surface area contributed by atoms with E-state index in [-0.39, 0.29) is 6.04 Å². The molecule has 2 N–H and O–H groups in total. The second-order valence-electron chi connectivity index (χ2n) is 8.50. The molecule has 0 saturated heterocycles. The summed E-state index contributed by atoms with van der Waals surface area (Å²) in [7, 11) is 0. The predicted octanol–water partition coefficient (Wildman–Crippen LogP) is 7.60. The minimum atomic E-state index is -0.120. The molecule has 0 aliphatic heterocycles. The van der Waals surface area contributed by atoms with E-state index in [0.29, 0.717) is 18.7 Å². The van der Waals surface area contributed by atoms with Crippen molar-refractivity contribution in [2.45, 2.75) is 65.3 Å². The number of ketones is 1. The lowest BCUT2D eigenvalue weighted by atomic mass is 9.95.